The van der Waals surface area contributed by atoms with Gasteiger partial charge in [-0.1, -0.05) is 31.2 Å². The van der Waals surface area contributed by atoms with Gasteiger partial charge < -0.3 is 10.1 Å². The van der Waals surface area contributed by atoms with Crippen LogP contribution in [0.25, 0.3) is 10.6 Å². The number of thiazole rings is 1. The molecule has 1 aromatic heterocycles. The Morgan fingerprint density at radius 3 is 2.87 bits per heavy atom. The molecule has 1 aromatic carbocycles. The zero-order chi connectivity index (χ0) is 16.2. The minimum absolute atomic E-state index is 0.0130. The second kappa shape index (κ2) is 7.23. The predicted molar refractivity (Wildman–Crippen MR) is 92.8 cm³/mol. The van der Waals surface area contributed by atoms with Crippen molar-refractivity contribution in [3.05, 3.63) is 40.9 Å². The van der Waals surface area contributed by atoms with Crippen LogP contribution in [0, 0.1) is 0 Å². The summed E-state index contributed by atoms with van der Waals surface area (Å²) < 4.78 is 5.62. The Morgan fingerprint density at radius 2 is 2.22 bits per heavy atom. The number of carbonyl (C=O) groups excluding carboxylic acids is 1. The Balaban J connectivity index is 1.66. The van der Waals surface area contributed by atoms with Crippen LogP contribution in [-0.4, -0.2) is 29.6 Å². The Labute approximate surface area is 140 Å². The highest BCUT2D eigenvalue weighted by atomic mass is 32.1. The van der Waals surface area contributed by atoms with Gasteiger partial charge in [-0.15, -0.1) is 11.3 Å². The molecular weight excluding hydrogens is 308 g/mol. The Bertz CT molecular complexity index is 660. The van der Waals surface area contributed by atoms with Gasteiger partial charge in [-0.2, -0.15) is 0 Å². The average Bonchev–Trinajstić information content (AvgIpc) is 3.26. The standard InChI is InChI=1S/C18H22N2O2S/c1-3-13-6-8-14(9-7-13)18-20-15(11-23-18)17(21)19-12(2)16-5-4-10-22-16/h6-9,11-12,16H,3-5,10H2,1-2H3,(H,19,21)/t12-,16-/m0/s1. The van der Waals surface area contributed by atoms with E-state index in [9.17, 15) is 4.79 Å². The largest absolute Gasteiger partial charge is 0.376 e. The average molecular weight is 330 g/mol. The van der Waals surface area contributed by atoms with Crippen LogP contribution < -0.4 is 5.32 Å². The van der Waals surface area contributed by atoms with E-state index in [0.29, 0.717) is 5.69 Å². The van der Waals surface area contributed by atoms with Gasteiger partial charge in [0.15, 0.2) is 0 Å². The van der Waals surface area contributed by atoms with Crippen LogP contribution in [0.3, 0.4) is 0 Å². The predicted octanol–water partition coefficient (Wildman–Crippen LogP) is 3.67. The van der Waals surface area contributed by atoms with Gasteiger partial charge in [0.2, 0.25) is 0 Å². The SMILES string of the molecule is CCc1ccc(-c2nc(C(=O)N[C@@H](C)[C@@H]3CCCO3)cs2)cc1. The lowest BCUT2D eigenvalue weighted by Gasteiger charge is -2.19. The molecule has 1 aliphatic rings. The van der Waals surface area contributed by atoms with E-state index >= 15 is 0 Å². The molecule has 0 saturated carbocycles. The fourth-order valence-electron chi connectivity index (χ4n) is 2.76. The fraction of sp³-hybridized carbons (Fsp3) is 0.444. The van der Waals surface area contributed by atoms with Crippen LogP contribution in [0.1, 0.15) is 42.7 Å². The van der Waals surface area contributed by atoms with Crippen molar-refractivity contribution in [3.8, 4) is 10.6 Å². The fourth-order valence-corrected chi connectivity index (χ4v) is 3.57. The molecule has 2 aromatic rings. The number of nitrogens with one attached hydrogen (secondary N) is 1. The van der Waals surface area contributed by atoms with Crippen molar-refractivity contribution in [1.82, 2.24) is 10.3 Å². The summed E-state index contributed by atoms with van der Waals surface area (Å²) in [5.41, 5.74) is 2.83. The number of benzene rings is 1. The number of nitrogens with zero attached hydrogens (tertiary/aromatic N) is 1. The summed E-state index contributed by atoms with van der Waals surface area (Å²) in [6.07, 6.45) is 3.22. The van der Waals surface area contributed by atoms with Crippen molar-refractivity contribution in [1.29, 1.82) is 0 Å². The van der Waals surface area contributed by atoms with Gasteiger partial charge in [0.1, 0.15) is 10.7 Å². The van der Waals surface area contributed by atoms with Crippen molar-refractivity contribution in [2.75, 3.05) is 6.61 Å². The molecular formula is C18H22N2O2S. The lowest BCUT2D eigenvalue weighted by atomic mass is 10.1. The third-order valence-electron chi connectivity index (χ3n) is 4.23. The molecule has 1 N–H and O–H groups in total. The molecule has 0 bridgehead atoms. The number of ether oxygens (including phenoxy) is 1. The van der Waals surface area contributed by atoms with E-state index in [1.807, 2.05) is 12.3 Å². The first kappa shape index (κ1) is 16.1. The van der Waals surface area contributed by atoms with E-state index < -0.39 is 0 Å². The lowest BCUT2D eigenvalue weighted by molar-refractivity contribution is 0.0710. The topological polar surface area (TPSA) is 51.2 Å². The van der Waals surface area contributed by atoms with E-state index in [1.165, 1.54) is 16.9 Å². The highest BCUT2D eigenvalue weighted by molar-refractivity contribution is 7.13. The molecule has 122 valence electrons. The Kier molecular flexibility index (Phi) is 5.08. The van der Waals surface area contributed by atoms with Crippen molar-refractivity contribution in [2.24, 2.45) is 0 Å². The molecule has 5 heteroatoms. The number of hydrogen-bond donors (Lipinski definition) is 1. The minimum atomic E-state index is -0.124. The zero-order valence-corrected chi connectivity index (χ0v) is 14.4. The number of carbonyl (C=O) groups is 1. The molecule has 4 nitrogen and oxygen atoms in total. The monoisotopic (exact) mass is 330 g/mol. The van der Waals surface area contributed by atoms with E-state index in [-0.39, 0.29) is 18.1 Å². The lowest BCUT2D eigenvalue weighted by Crippen LogP contribution is -2.40. The molecule has 23 heavy (non-hydrogen) atoms. The molecule has 3 rings (SSSR count). The van der Waals surface area contributed by atoms with Crippen molar-refractivity contribution >= 4 is 17.2 Å². The van der Waals surface area contributed by atoms with Gasteiger partial charge in [0, 0.05) is 17.6 Å². The summed E-state index contributed by atoms with van der Waals surface area (Å²) in [6.45, 7) is 4.92. The second-order valence-electron chi connectivity index (χ2n) is 5.90. The molecule has 0 unspecified atom stereocenters. The Morgan fingerprint density at radius 1 is 1.43 bits per heavy atom. The maximum Gasteiger partial charge on any atom is 0.271 e. The van der Waals surface area contributed by atoms with Gasteiger partial charge >= 0.3 is 0 Å². The molecule has 1 aliphatic heterocycles. The summed E-state index contributed by atoms with van der Waals surface area (Å²) in [5, 5.41) is 5.70. The first-order valence-electron chi connectivity index (χ1n) is 8.14. The maximum absolute atomic E-state index is 12.3. The third kappa shape index (κ3) is 3.79. The van der Waals surface area contributed by atoms with Crippen LogP contribution >= 0.6 is 11.3 Å². The van der Waals surface area contributed by atoms with E-state index in [0.717, 1.165) is 36.4 Å². The smallest absolute Gasteiger partial charge is 0.271 e. The van der Waals surface area contributed by atoms with Crippen molar-refractivity contribution in [2.45, 2.75) is 45.3 Å². The molecule has 2 atom stereocenters. The maximum atomic E-state index is 12.3. The molecule has 0 aliphatic carbocycles. The van der Waals surface area contributed by atoms with Crippen LogP contribution in [0.4, 0.5) is 0 Å². The number of amides is 1. The second-order valence-corrected chi connectivity index (χ2v) is 6.76. The molecule has 1 amide bonds. The molecule has 1 saturated heterocycles. The third-order valence-corrected chi connectivity index (χ3v) is 5.12. The van der Waals surface area contributed by atoms with Gasteiger partial charge in [-0.05, 0) is 31.7 Å². The summed E-state index contributed by atoms with van der Waals surface area (Å²) in [7, 11) is 0. The van der Waals surface area contributed by atoms with Gasteiger partial charge in [-0.25, -0.2) is 4.98 Å². The number of hydrogen-bond acceptors (Lipinski definition) is 4. The number of aromatic nitrogens is 1. The highest BCUT2D eigenvalue weighted by Crippen LogP contribution is 2.24. The quantitative estimate of drug-likeness (QED) is 0.910. The molecule has 0 spiro atoms. The summed E-state index contributed by atoms with van der Waals surface area (Å²) in [4.78, 5) is 16.8. The van der Waals surface area contributed by atoms with Gasteiger partial charge in [-0.3, -0.25) is 4.79 Å². The van der Waals surface area contributed by atoms with Crippen LogP contribution in [0.15, 0.2) is 29.6 Å². The van der Waals surface area contributed by atoms with Crippen LogP contribution in [-0.2, 0) is 11.2 Å². The first-order valence-corrected chi connectivity index (χ1v) is 9.02. The van der Waals surface area contributed by atoms with E-state index in [4.69, 9.17) is 4.74 Å². The minimum Gasteiger partial charge on any atom is -0.376 e. The van der Waals surface area contributed by atoms with Crippen molar-refractivity contribution in [3.63, 3.8) is 0 Å². The molecule has 0 radical (unpaired) electrons. The van der Waals surface area contributed by atoms with Crippen molar-refractivity contribution < 1.29 is 9.53 Å². The van der Waals surface area contributed by atoms with E-state index in [2.05, 4.69) is 41.5 Å². The highest BCUT2D eigenvalue weighted by Gasteiger charge is 2.24. The van der Waals surface area contributed by atoms with Crippen LogP contribution in [0.5, 0.6) is 0 Å². The molecule has 1 fully saturated rings. The van der Waals surface area contributed by atoms with Crippen LogP contribution in [0.2, 0.25) is 0 Å². The normalized spacial score (nSPS) is 18.8. The summed E-state index contributed by atoms with van der Waals surface area (Å²) >= 11 is 1.50. The molecule has 2 heterocycles. The summed E-state index contributed by atoms with van der Waals surface area (Å²) in [5.74, 6) is -0.124. The van der Waals surface area contributed by atoms with Gasteiger partial charge in [0.05, 0.1) is 12.1 Å². The zero-order valence-electron chi connectivity index (χ0n) is 13.5. The van der Waals surface area contributed by atoms with E-state index in [1.54, 1.807) is 0 Å². The van der Waals surface area contributed by atoms with Gasteiger partial charge in [0.25, 0.3) is 5.91 Å². The Hall–Kier alpha value is -1.72. The first-order chi connectivity index (χ1) is 11.2. The number of rotatable bonds is 5. The number of aryl methyl sites for hydroxylation is 1. The summed E-state index contributed by atoms with van der Waals surface area (Å²) in [6, 6.07) is 8.35.